The van der Waals surface area contributed by atoms with Gasteiger partial charge in [-0.1, -0.05) is 118 Å². The number of carbonyl (C=O) groups excluding carboxylic acids is 10. The zero-order chi connectivity index (χ0) is 65.7. The Hall–Kier alpha value is -6.72. The molecular weight excluding hydrogens is 1190 g/mol. The number of nitrogens with zero attached hydrogens (tertiary/aromatic N) is 4. The van der Waals surface area contributed by atoms with Crippen molar-refractivity contribution in [1.82, 2.24) is 40.9 Å². The van der Waals surface area contributed by atoms with Crippen LogP contribution in [-0.2, 0) is 70.4 Å². The van der Waals surface area contributed by atoms with Crippen LogP contribution in [0.25, 0.3) is 0 Å². The molecule has 2 aromatic rings. The molecule has 2 unspecified atom stereocenters. The Labute approximate surface area is 529 Å². The highest BCUT2D eigenvalue weighted by molar-refractivity contribution is 9.12. The number of carbonyl (C=O) groups is 10. The van der Waals surface area contributed by atoms with Gasteiger partial charge in [-0.25, -0.2) is 4.79 Å². The Morgan fingerprint density at radius 1 is 0.705 bits per heavy atom. The van der Waals surface area contributed by atoms with E-state index in [1.54, 1.807) is 75.9 Å². The average molecular weight is 1290 g/mol. The molecule has 4 rings (SSSR count). The van der Waals surface area contributed by atoms with Gasteiger partial charge in [0.1, 0.15) is 30.8 Å². The molecule has 2 aliphatic rings. The van der Waals surface area contributed by atoms with Crippen LogP contribution in [-0.4, -0.2) is 175 Å². The fourth-order valence-corrected chi connectivity index (χ4v) is 11.9. The third kappa shape index (κ3) is 20.9. The number of halogens is 1. The van der Waals surface area contributed by atoms with E-state index in [0.29, 0.717) is 56.3 Å². The summed E-state index contributed by atoms with van der Waals surface area (Å²) in [6, 6.07) is 11.4. The van der Waals surface area contributed by atoms with Crippen LogP contribution in [0.5, 0.6) is 0 Å². The number of likely N-dealkylation sites (tertiary alicyclic amines) is 1. The van der Waals surface area contributed by atoms with Gasteiger partial charge >= 0.3 is 6.09 Å². The molecule has 0 saturated carbocycles. The quantitative estimate of drug-likeness (QED) is 0.0354. The van der Waals surface area contributed by atoms with Crippen molar-refractivity contribution in [3.63, 3.8) is 0 Å². The molecule has 2 aromatic carbocycles. The lowest BCUT2D eigenvalue weighted by molar-refractivity contribution is -0.148. The molecule has 23 heteroatoms. The van der Waals surface area contributed by atoms with Crippen molar-refractivity contribution in [2.24, 2.45) is 29.6 Å². The van der Waals surface area contributed by atoms with Gasteiger partial charge in [0.15, 0.2) is 0 Å². The second-order valence-electron chi connectivity index (χ2n) is 24.6. The number of unbranched alkanes of at least 4 members (excludes halogenated alkanes) is 2. The summed E-state index contributed by atoms with van der Waals surface area (Å²) < 4.78 is 18.0. The first-order valence-corrected chi connectivity index (χ1v) is 31.7. The van der Waals surface area contributed by atoms with Crippen molar-refractivity contribution < 1.29 is 62.2 Å². The Morgan fingerprint density at radius 3 is 1.92 bits per heavy atom. The molecule has 88 heavy (non-hydrogen) atoms. The summed E-state index contributed by atoms with van der Waals surface area (Å²) in [5, 5.41) is 14.3. The molecular formula is C65H98BrN9O13. The number of benzene rings is 2. The van der Waals surface area contributed by atoms with Gasteiger partial charge in [0.25, 0.3) is 11.8 Å². The topological polar surface area (TPSA) is 272 Å². The van der Waals surface area contributed by atoms with Crippen molar-refractivity contribution in [1.29, 1.82) is 0 Å². The minimum atomic E-state index is -1.05. The summed E-state index contributed by atoms with van der Waals surface area (Å²) in [6.45, 7) is 20.6. The van der Waals surface area contributed by atoms with E-state index < -0.39 is 89.9 Å². The van der Waals surface area contributed by atoms with Crippen LogP contribution in [0.3, 0.4) is 0 Å². The number of hydrogen-bond acceptors (Lipinski definition) is 13. The molecule has 5 N–H and O–H groups in total. The number of nitrogens with one attached hydrogen (secondary N) is 5. The molecule has 0 aromatic heterocycles. The lowest BCUT2D eigenvalue weighted by Crippen LogP contribution is -2.60. The number of likely N-dealkylation sites (N-methyl/N-ethyl adjacent to an activating group) is 2. The highest BCUT2D eigenvalue weighted by Gasteiger charge is 2.44. The van der Waals surface area contributed by atoms with Crippen LogP contribution in [0.4, 0.5) is 10.5 Å². The van der Waals surface area contributed by atoms with Gasteiger partial charge in [-0.15, -0.1) is 0 Å². The summed E-state index contributed by atoms with van der Waals surface area (Å²) in [6.07, 6.45) is 3.50. The van der Waals surface area contributed by atoms with Crippen molar-refractivity contribution in [3.05, 3.63) is 76.3 Å². The highest BCUT2D eigenvalue weighted by atomic mass is 79.9. The van der Waals surface area contributed by atoms with E-state index in [1.165, 1.54) is 32.1 Å². The second kappa shape index (κ2) is 35.5. The van der Waals surface area contributed by atoms with Crippen LogP contribution in [0.15, 0.2) is 65.2 Å². The van der Waals surface area contributed by atoms with Gasteiger partial charge in [0.05, 0.1) is 41.1 Å². The molecule has 0 radical (unpaired) electrons. The average Bonchev–Trinajstić information content (AvgIpc) is 3.00. The number of imide groups is 1. The maximum absolute atomic E-state index is 14.8. The van der Waals surface area contributed by atoms with Crippen LogP contribution in [0, 0.1) is 29.6 Å². The van der Waals surface area contributed by atoms with E-state index in [0.717, 1.165) is 16.9 Å². The van der Waals surface area contributed by atoms with E-state index in [2.05, 4.69) is 42.5 Å². The van der Waals surface area contributed by atoms with Gasteiger partial charge in [0, 0.05) is 65.6 Å². The predicted molar refractivity (Wildman–Crippen MR) is 339 cm³/mol. The number of methoxy groups -OCH3 is 2. The zero-order valence-electron chi connectivity index (χ0n) is 54.3. The van der Waals surface area contributed by atoms with E-state index in [9.17, 15) is 47.9 Å². The summed E-state index contributed by atoms with van der Waals surface area (Å²) >= 11 is 3.07. The van der Waals surface area contributed by atoms with Gasteiger partial charge in [-0.3, -0.25) is 53.0 Å². The normalized spacial score (nSPS) is 17.6. The highest BCUT2D eigenvalue weighted by Crippen LogP contribution is 2.30. The minimum Gasteiger partial charge on any atom is -0.445 e. The molecule has 2 heterocycles. The van der Waals surface area contributed by atoms with Crippen molar-refractivity contribution in [2.45, 2.75) is 195 Å². The third-order valence-electron chi connectivity index (χ3n) is 16.7. The Balaban J connectivity index is 1.31. The monoisotopic (exact) mass is 1290 g/mol. The largest absolute Gasteiger partial charge is 0.445 e. The lowest BCUT2D eigenvalue weighted by Gasteiger charge is -2.41. The predicted octanol–water partition coefficient (Wildman–Crippen LogP) is 6.88. The first-order valence-electron chi connectivity index (χ1n) is 30.9. The van der Waals surface area contributed by atoms with E-state index >= 15 is 0 Å². The molecule has 1 fully saturated rings. The van der Waals surface area contributed by atoms with Crippen molar-refractivity contribution >= 4 is 80.9 Å². The second-order valence-corrected chi connectivity index (χ2v) is 25.4. The standard InChI is InChI=1S/C65H98BrN9O13/c1-16-41(8)57(50(86-14)36-53(78)74-33-23-26-49(74)58(87-15)43(10)59(79)67-42(9)34-45-24-19-17-20-25-45)72(12)64(84)55(39(4)5)71-62(82)56(40(6)7)73(13)65(85)88-37-46-28-30-47(31-29-46)69-60(80)44(11)68-61(81)54(38(2)3)70-51(76)27-21-18-22-32-75-52(77)35-48(66)63(75)83/h17,19-20,24-25,28-31,35,38-44,49-50,54-58H,16,18,21-23,26-27,32-34,36-37H2,1-15H3,(H,67,79)(H,68,81)(H,69,80)(H,70,76)(H,71,82)/t41-,42+,43-,44-,49+,50-,54?,55+,56?,57+,58-/m1/s1. The third-order valence-corrected chi connectivity index (χ3v) is 17.3. The van der Waals surface area contributed by atoms with E-state index in [-0.39, 0.29) is 83.9 Å². The maximum Gasteiger partial charge on any atom is 0.410 e. The first-order chi connectivity index (χ1) is 41.6. The number of rotatable bonds is 34. The summed E-state index contributed by atoms with van der Waals surface area (Å²) in [5.74, 6) is -5.25. The number of anilines is 1. The first kappa shape index (κ1) is 73.7. The van der Waals surface area contributed by atoms with Crippen LogP contribution >= 0.6 is 15.9 Å². The Morgan fingerprint density at radius 2 is 1.35 bits per heavy atom. The van der Waals surface area contributed by atoms with Gasteiger partial charge in [-0.05, 0) is 109 Å². The molecule has 2 aliphatic heterocycles. The van der Waals surface area contributed by atoms with Crippen LogP contribution < -0.4 is 26.6 Å². The maximum atomic E-state index is 14.8. The molecule has 0 bridgehead atoms. The fraction of sp³-hybridized carbons (Fsp3) is 0.631. The molecule has 0 spiro atoms. The Kier molecular flexibility index (Phi) is 29.7. The van der Waals surface area contributed by atoms with Crippen LogP contribution in [0.2, 0.25) is 0 Å². The van der Waals surface area contributed by atoms with Gasteiger partial charge < -0.3 is 50.6 Å². The van der Waals surface area contributed by atoms with E-state index in [1.807, 2.05) is 71.9 Å². The molecule has 11 atom stereocenters. The zero-order valence-corrected chi connectivity index (χ0v) is 55.9. The number of amides is 10. The molecule has 0 aliphatic carbocycles. The Bertz CT molecular complexity index is 2730. The van der Waals surface area contributed by atoms with Gasteiger partial charge in [-0.2, -0.15) is 0 Å². The molecule has 22 nitrogen and oxygen atoms in total. The fourth-order valence-electron chi connectivity index (χ4n) is 11.5. The van der Waals surface area contributed by atoms with Gasteiger partial charge in [0.2, 0.25) is 41.4 Å². The van der Waals surface area contributed by atoms with Crippen LogP contribution in [0.1, 0.15) is 139 Å². The minimum absolute atomic E-state index is 0.0450. The number of hydrogen-bond donors (Lipinski definition) is 5. The SMILES string of the molecule is CC[C@@H](C)[C@@H]([C@@H](CC(=O)N1CCC[C@H]1[C@H](OC)[C@@H](C)C(=O)N[C@@H](C)Cc1ccccc1)OC)N(C)C(=O)[C@@H](NC(=O)C(C(C)C)N(C)C(=O)OCc1ccc(NC(=O)[C@@H](C)NC(=O)C(NC(=O)CCCCCN2C(=O)C=C(Br)C2=O)C(C)C)cc1)C(C)C. The molecule has 1 saturated heterocycles. The smallest absolute Gasteiger partial charge is 0.410 e. The molecule has 10 amide bonds. The number of ether oxygens (including phenoxy) is 3. The summed E-state index contributed by atoms with van der Waals surface area (Å²) in [5.41, 5.74) is 2.08. The summed E-state index contributed by atoms with van der Waals surface area (Å²) in [4.78, 5) is 140. The lowest BCUT2D eigenvalue weighted by atomic mass is 9.89. The van der Waals surface area contributed by atoms with E-state index in [4.69, 9.17) is 14.2 Å². The molecule has 488 valence electrons. The van der Waals surface area contributed by atoms with Crippen molar-refractivity contribution in [3.8, 4) is 0 Å². The van der Waals surface area contributed by atoms with Crippen molar-refractivity contribution in [2.75, 3.05) is 46.7 Å². The summed E-state index contributed by atoms with van der Waals surface area (Å²) in [7, 11) is 6.20.